The summed E-state index contributed by atoms with van der Waals surface area (Å²) in [6, 6.07) is 13.2. The average molecular weight is 236 g/mol. The highest BCUT2D eigenvalue weighted by Crippen LogP contribution is 2.04. The van der Waals surface area contributed by atoms with Gasteiger partial charge in [0, 0.05) is 0 Å². The minimum atomic E-state index is -1.24. The van der Waals surface area contributed by atoms with Gasteiger partial charge in [-0.3, -0.25) is 0 Å². The van der Waals surface area contributed by atoms with E-state index in [0.717, 1.165) is 6.07 Å². The van der Waals surface area contributed by atoms with Crippen LogP contribution in [0.4, 0.5) is 8.78 Å². The first kappa shape index (κ1) is 12.8. The van der Waals surface area contributed by atoms with Crippen molar-refractivity contribution in [2.24, 2.45) is 0 Å². The Labute approximate surface area is 97.1 Å². The molecule has 88 valence electrons. The number of benzene rings is 2. The van der Waals surface area contributed by atoms with E-state index in [9.17, 15) is 13.6 Å². The molecule has 0 bridgehead atoms. The molecule has 0 aromatic heterocycles. The molecular formula is C13H10F2O2. The van der Waals surface area contributed by atoms with Crippen LogP contribution in [-0.2, 0) is 0 Å². The fraction of sp³-hybridized carbons (Fsp3) is 0. The lowest BCUT2D eigenvalue weighted by molar-refractivity contribution is 0.0692. The summed E-state index contributed by atoms with van der Waals surface area (Å²) >= 11 is 0. The summed E-state index contributed by atoms with van der Waals surface area (Å²) in [6.07, 6.45) is 0. The highest BCUT2D eigenvalue weighted by Gasteiger charge is 2.06. The molecule has 0 radical (unpaired) electrons. The number of hydrogen-bond acceptors (Lipinski definition) is 1. The van der Waals surface area contributed by atoms with E-state index in [-0.39, 0.29) is 11.4 Å². The fourth-order valence-electron chi connectivity index (χ4n) is 1.05. The standard InChI is InChI=1S/C7H5FO2.C6H5F/c8-6-4-2-1-3-5(6)7(9)10;7-6-4-2-1-3-5-6/h1-4H,(H,9,10);1-5H. The minimum absolute atomic E-state index is 0.178. The molecule has 2 rings (SSSR count). The largest absolute Gasteiger partial charge is 0.478 e. The summed E-state index contributed by atoms with van der Waals surface area (Å²) in [5.41, 5.74) is -0.289. The average Bonchev–Trinajstić information content (AvgIpc) is 2.31. The lowest BCUT2D eigenvalue weighted by Gasteiger charge is -1.92. The van der Waals surface area contributed by atoms with Gasteiger partial charge in [0.15, 0.2) is 0 Å². The van der Waals surface area contributed by atoms with Gasteiger partial charge < -0.3 is 5.11 Å². The summed E-state index contributed by atoms with van der Waals surface area (Å²) in [5, 5.41) is 8.33. The molecule has 0 fully saturated rings. The van der Waals surface area contributed by atoms with Crippen molar-refractivity contribution < 1.29 is 18.7 Å². The molecule has 0 heterocycles. The van der Waals surface area contributed by atoms with Crippen LogP contribution in [0.25, 0.3) is 0 Å². The molecule has 0 saturated heterocycles. The van der Waals surface area contributed by atoms with Crippen molar-refractivity contribution in [1.82, 2.24) is 0 Å². The van der Waals surface area contributed by atoms with Gasteiger partial charge in [0.2, 0.25) is 0 Å². The van der Waals surface area contributed by atoms with Gasteiger partial charge in [0.25, 0.3) is 0 Å². The molecule has 2 aromatic carbocycles. The van der Waals surface area contributed by atoms with E-state index in [1.807, 2.05) is 0 Å². The third-order valence-corrected chi connectivity index (χ3v) is 1.84. The Morgan fingerprint density at radius 1 is 0.882 bits per heavy atom. The molecule has 0 aliphatic heterocycles. The molecule has 4 heteroatoms. The number of halogens is 2. The Hall–Kier alpha value is -2.23. The number of rotatable bonds is 1. The second kappa shape index (κ2) is 6.37. The highest BCUT2D eigenvalue weighted by atomic mass is 19.1. The molecular weight excluding hydrogens is 226 g/mol. The topological polar surface area (TPSA) is 37.3 Å². The SMILES string of the molecule is Fc1ccccc1.O=C(O)c1ccccc1F. The fourth-order valence-corrected chi connectivity index (χ4v) is 1.05. The quantitative estimate of drug-likeness (QED) is 0.824. The Kier molecular flexibility index (Phi) is 4.81. The van der Waals surface area contributed by atoms with Crippen molar-refractivity contribution in [3.8, 4) is 0 Å². The summed E-state index contributed by atoms with van der Waals surface area (Å²) in [4.78, 5) is 10.2. The minimum Gasteiger partial charge on any atom is -0.478 e. The molecule has 0 unspecified atom stereocenters. The molecule has 0 spiro atoms. The zero-order chi connectivity index (χ0) is 12.7. The molecule has 1 N–H and O–H groups in total. The maximum atomic E-state index is 12.5. The van der Waals surface area contributed by atoms with Crippen molar-refractivity contribution >= 4 is 5.97 Å². The summed E-state index contributed by atoms with van der Waals surface area (Å²) in [7, 11) is 0. The molecule has 2 nitrogen and oxygen atoms in total. The second-order valence-electron chi connectivity index (χ2n) is 3.08. The van der Waals surface area contributed by atoms with Gasteiger partial charge >= 0.3 is 5.97 Å². The zero-order valence-corrected chi connectivity index (χ0v) is 8.81. The van der Waals surface area contributed by atoms with Crippen LogP contribution in [0.15, 0.2) is 54.6 Å². The van der Waals surface area contributed by atoms with Crippen molar-refractivity contribution in [3.63, 3.8) is 0 Å². The maximum absolute atomic E-state index is 12.5. The van der Waals surface area contributed by atoms with Gasteiger partial charge in [-0.05, 0) is 24.3 Å². The summed E-state index contributed by atoms with van der Waals surface area (Å²) in [6.45, 7) is 0. The Balaban J connectivity index is 0.000000181. The van der Waals surface area contributed by atoms with E-state index in [0.29, 0.717) is 0 Å². The molecule has 0 aliphatic carbocycles. The van der Waals surface area contributed by atoms with Crippen LogP contribution in [0, 0.1) is 11.6 Å². The van der Waals surface area contributed by atoms with Crippen molar-refractivity contribution in [2.75, 3.05) is 0 Å². The first-order valence-corrected chi connectivity index (χ1v) is 4.79. The Morgan fingerprint density at radius 3 is 1.76 bits per heavy atom. The maximum Gasteiger partial charge on any atom is 0.338 e. The summed E-state index contributed by atoms with van der Waals surface area (Å²) in [5.74, 6) is -2.12. The van der Waals surface area contributed by atoms with Crippen LogP contribution in [0.2, 0.25) is 0 Å². The normalized spacial score (nSPS) is 9.06. The van der Waals surface area contributed by atoms with Gasteiger partial charge in [-0.1, -0.05) is 30.3 Å². The molecule has 0 saturated carbocycles. The van der Waals surface area contributed by atoms with Crippen molar-refractivity contribution in [1.29, 1.82) is 0 Å². The third-order valence-electron chi connectivity index (χ3n) is 1.84. The summed E-state index contributed by atoms with van der Waals surface area (Å²) < 4.78 is 24.4. The van der Waals surface area contributed by atoms with Crippen LogP contribution in [-0.4, -0.2) is 11.1 Å². The van der Waals surface area contributed by atoms with Crippen LogP contribution in [0.3, 0.4) is 0 Å². The lowest BCUT2D eigenvalue weighted by atomic mass is 10.2. The van der Waals surface area contributed by atoms with Gasteiger partial charge in [-0.2, -0.15) is 0 Å². The van der Waals surface area contributed by atoms with E-state index in [2.05, 4.69) is 0 Å². The van der Waals surface area contributed by atoms with E-state index >= 15 is 0 Å². The van der Waals surface area contributed by atoms with E-state index in [4.69, 9.17) is 5.11 Å². The number of aromatic carboxylic acids is 1. The first-order chi connectivity index (χ1) is 8.11. The van der Waals surface area contributed by atoms with Crippen LogP contribution < -0.4 is 0 Å². The second-order valence-corrected chi connectivity index (χ2v) is 3.08. The smallest absolute Gasteiger partial charge is 0.338 e. The number of carboxylic acid groups (broad SMARTS) is 1. The predicted molar refractivity (Wildman–Crippen MR) is 59.8 cm³/mol. The van der Waals surface area contributed by atoms with Crippen LogP contribution >= 0.6 is 0 Å². The third kappa shape index (κ3) is 4.42. The molecule has 17 heavy (non-hydrogen) atoms. The molecule has 0 atom stereocenters. The van der Waals surface area contributed by atoms with Gasteiger partial charge in [-0.15, -0.1) is 0 Å². The number of carbonyl (C=O) groups is 1. The molecule has 0 aliphatic rings. The number of carboxylic acids is 1. The van der Waals surface area contributed by atoms with E-state index in [1.165, 1.54) is 30.3 Å². The monoisotopic (exact) mass is 236 g/mol. The molecule has 0 amide bonds. The van der Waals surface area contributed by atoms with Crippen molar-refractivity contribution in [3.05, 3.63) is 71.8 Å². The van der Waals surface area contributed by atoms with Gasteiger partial charge in [0.05, 0.1) is 5.56 Å². The first-order valence-electron chi connectivity index (χ1n) is 4.79. The Bertz CT molecular complexity index is 484. The van der Waals surface area contributed by atoms with Crippen LogP contribution in [0.1, 0.15) is 10.4 Å². The van der Waals surface area contributed by atoms with Crippen LogP contribution in [0.5, 0.6) is 0 Å². The van der Waals surface area contributed by atoms with Gasteiger partial charge in [0.1, 0.15) is 11.6 Å². The highest BCUT2D eigenvalue weighted by molar-refractivity contribution is 5.87. The Morgan fingerprint density at radius 2 is 1.41 bits per heavy atom. The molecule has 2 aromatic rings. The van der Waals surface area contributed by atoms with Gasteiger partial charge in [-0.25, -0.2) is 13.6 Å². The predicted octanol–water partition coefficient (Wildman–Crippen LogP) is 3.35. The zero-order valence-electron chi connectivity index (χ0n) is 8.81. The number of hydrogen-bond donors (Lipinski definition) is 1. The van der Waals surface area contributed by atoms with Crippen molar-refractivity contribution in [2.45, 2.75) is 0 Å². The lowest BCUT2D eigenvalue weighted by Crippen LogP contribution is -1.98. The van der Waals surface area contributed by atoms with E-state index in [1.54, 1.807) is 18.2 Å². The van der Waals surface area contributed by atoms with E-state index < -0.39 is 11.8 Å².